The molecule has 0 bridgehead atoms. The zero-order valence-electron chi connectivity index (χ0n) is 11.9. The van der Waals surface area contributed by atoms with E-state index in [1.54, 1.807) is 30.3 Å². The van der Waals surface area contributed by atoms with Crippen molar-refractivity contribution in [2.45, 2.75) is 11.5 Å². The molecule has 3 aromatic rings. The van der Waals surface area contributed by atoms with Gasteiger partial charge in [0.15, 0.2) is 0 Å². The summed E-state index contributed by atoms with van der Waals surface area (Å²) in [5.74, 6) is -1.36. The van der Waals surface area contributed by atoms with E-state index in [-0.39, 0.29) is 22.7 Å². The number of carboxylic acid groups (broad SMARTS) is 1. The molecular weight excluding hydrogens is 318 g/mol. The van der Waals surface area contributed by atoms with Crippen molar-refractivity contribution in [3.05, 3.63) is 65.9 Å². The quantitative estimate of drug-likeness (QED) is 0.763. The maximum absolute atomic E-state index is 12.9. The highest BCUT2D eigenvalue weighted by molar-refractivity contribution is 7.90. The van der Waals surface area contributed by atoms with Gasteiger partial charge >= 0.3 is 5.97 Å². The minimum absolute atomic E-state index is 0.00518. The lowest BCUT2D eigenvalue weighted by Gasteiger charge is -2.10. The summed E-state index contributed by atoms with van der Waals surface area (Å²) in [5, 5.41) is 19.2. The Balaban J connectivity index is 2.41. The van der Waals surface area contributed by atoms with Crippen LogP contribution in [0.25, 0.3) is 10.9 Å². The Bertz CT molecular complexity index is 990. The summed E-state index contributed by atoms with van der Waals surface area (Å²) in [6.07, 6.45) is 0. The lowest BCUT2D eigenvalue weighted by Crippen LogP contribution is -2.18. The molecule has 1 heterocycles. The van der Waals surface area contributed by atoms with E-state index < -0.39 is 16.0 Å². The molecule has 0 unspecified atom stereocenters. The van der Waals surface area contributed by atoms with Crippen LogP contribution in [0, 0.1) is 0 Å². The predicted molar refractivity (Wildman–Crippen MR) is 83.8 cm³/mol. The van der Waals surface area contributed by atoms with E-state index >= 15 is 0 Å². The first-order valence-electron chi connectivity index (χ1n) is 6.75. The molecule has 0 radical (unpaired) electrons. The van der Waals surface area contributed by atoms with Gasteiger partial charge in [-0.25, -0.2) is 17.2 Å². The third kappa shape index (κ3) is 2.39. The van der Waals surface area contributed by atoms with Gasteiger partial charge in [-0.3, -0.25) is 0 Å². The number of aliphatic hydroxyl groups is 1. The van der Waals surface area contributed by atoms with Crippen molar-refractivity contribution in [2.24, 2.45) is 0 Å². The van der Waals surface area contributed by atoms with E-state index in [0.717, 1.165) is 3.97 Å². The third-order valence-corrected chi connectivity index (χ3v) is 5.30. The minimum Gasteiger partial charge on any atom is -0.477 e. The topological polar surface area (TPSA) is 96.6 Å². The lowest BCUT2D eigenvalue weighted by molar-refractivity contribution is 0.0689. The molecule has 0 amide bonds. The van der Waals surface area contributed by atoms with Crippen LogP contribution in [0.1, 0.15) is 16.1 Å². The van der Waals surface area contributed by atoms with Gasteiger partial charge in [-0.1, -0.05) is 30.3 Å². The molecule has 2 N–H and O–H groups in total. The van der Waals surface area contributed by atoms with Gasteiger partial charge in [0.2, 0.25) is 0 Å². The van der Waals surface area contributed by atoms with E-state index in [1.807, 2.05) is 0 Å². The van der Waals surface area contributed by atoms with Gasteiger partial charge in [-0.05, 0) is 29.8 Å². The zero-order valence-corrected chi connectivity index (χ0v) is 12.7. The number of rotatable bonds is 4. The van der Waals surface area contributed by atoms with Crippen molar-refractivity contribution >= 4 is 26.9 Å². The molecule has 23 heavy (non-hydrogen) atoms. The SMILES string of the molecule is O=C(O)c1cc2c(CO)cccc2n1S(=O)(=O)c1ccccc1. The van der Waals surface area contributed by atoms with Gasteiger partial charge in [-0.2, -0.15) is 0 Å². The number of hydrogen-bond acceptors (Lipinski definition) is 4. The zero-order chi connectivity index (χ0) is 16.6. The van der Waals surface area contributed by atoms with Crippen LogP contribution in [0.4, 0.5) is 0 Å². The van der Waals surface area contributed by atoms with Crippen molar-refractivity contribution in [1.29, 1.82) is 0 Å². The average Bonchev–Trinajstić information content (AvgIpc) is 2.96. The average molecular weight is 331 g/mol. The third-order valence-electron chi connectivity index (χ3n) is 3.56. The van der Waals surface area contributed by atoms with Crippen LogP contribution in [0.5, 0.6) is 0 Å². The second-order valence-electron chi connectivity index (χ2n) is 4.93. The van der Waals surface area contributed by atoms with Crippen molar-refractivity contribution in [3.63, 3.8) is 0 Å². The van der Waals surface area contributed by atoms with Crippen molar-refractivity contribution in [1.82, 2.24) is 3.97 Å². The Labute approximate surface area is 132 Å². The summed E-state index contributed by atoms with van der Waals surface area (Å²) < 4.78 is 26.5. The van der Waals surface area contributed by atoms with Gasteiger partial charge in [0.05, 0.1) is 17.0 Å². The Morgan fingerprint density at radius 3 is 2.35 bits per heavy atom. The number of fused-ring (bicyclic) bond motifs is 1. The summed E-state index contributed by atoms with van der Waals surface area (Å²) >= 11 is 0. The number of aromatic carboxylic acids is 1. The maximum Gasteiger partial charge on any atom is 0.353 e. The molecule has 0 aliphatic heterocycles. The first-order valence-corrected chi connectivity index (χ1v) is 8.19. The van der Waals surface area contributed by atoms with Crippen molar-refractivity contribution in [3.8, 4) is 0 Å². The summed E-state index contributed by atoms with van der Waals surface area (Å²) in [6.45, 7) is -0.314. The number of benzene rings is 2. The van der Waals surface area contributed by atoms with Gasteiger partial charge in [0.1, 0.15) is 5.69 Å². The van der Waals surface area contributed by atoms with Crippen LogP contribution < -0.4 is 0 Å². The Hall–Kier alpha value is -2.64. The number of aliphatic hydroxyl groups excluding tert-OH is 1. The van der Waals surface area contributed by atoms with Crippen LogP contribution >= 0.6 is 0 Å². The van der Waals surface area contributed by atoms with E-state index in [9.17, 15) is 23.4 Å². The fourth-order valence-corrected chi connectivity index (χ4v) is 4.03. The normalized spacial score (nSPS) is 11.7. The molecule has 0 aliphatic carbocycles. The van der Waals surface area contributed by atoms with Gasteiger partial charge < -0.3 is 10.2 Å². The summed E-state index contributed by atoms with van der Waals surface area (Å²) in [6, 6.07) is 13.6. The van der Waals surface area contributed by atoms with E-state index in [1.165, 1.54) is 24.3 Å². The molecule has 0 fully saturated rings. The molecule has 7 heteroatoms. The van der Waals surface area contributed by atoms with E-state index in [0.29, 0.717) is 10.9 Å². The van der Waals surface area contributed by atoms with Crippen LogP contribution in [0.3, 0.4) is 0 Å². The summed E-state index contributed by atoms with van der Waals surface area (Å²) in [4.78, 5) is 11.5. The van der Waals surface area contributed by atoms with Crippen LogP contribution in [0.2, 0.25) is 0 Å². The second kappa shape index (κ2) is 5.53. The fraction of sp³-hybridized carbons (Fsp3) is 0.0625. The van der Waals surface area contributed by atoms with E-state index in [2.05, 4.69) is 0 Å². The van der Waals surface area contributed by atoms with Crippen LogP contribution in [-0.4, -0.2) is 28.6 Å². The smallest absolute Gasteiger partial charge is 0.353 e. The molecular formula is C16H13NO5S. The first-order chi connectivity index (χ1) is 11.0. The monoisotopic (exact) mass is 331 g/mol. The van der Waals surface area contributed by atoms with Gasteiger partial charge in [-0.15, -0.1) is 0 Å². The van der Waals surface area contributed by atoms with Crippen molar-refractivity contribution in [2.75, 3.05) is 0 Å². The highest BCUT2D eigenvalue weighted by Crippen LogP contribution is 2.28. The number of hydrogen-bond donors (Lipinski definition) is 2. The largest absolute Gasteiger partial charge is 0.477 e. The molecule has 0 saturated heterocycles. The molecule has 2 aromatic carbocycles. The van der Waals surface area contributed by atoms with E-state index in [4.69, 9.17) is 0 Å². The number of aromatic nitrogens is 1. The Morgan fingerprint density at radius 2 is 1.74 bits per heavy atom. The van der Waals surface area contributed by atoms with Gasteiger partial charge in [0.25, 0.3) is 10.0 Å². The molecule has 1 aromatic heterocycles. The fourth-order valence-electron chi connectivity index (χ4n) is 2.51. The first kappa shape index (κ1) is 15.3. The second-order valence-corrected chi connectivity index (χ2v) is 6.71. The molecule has 0 spiro atoms. The Morgan fingerprint density at radius 1 is 1.04 bits per heavy atom. The molecule has 0 atom stereocenters. The molecule has 6 nitrogen and oxygen atoms in total. The van der Waals surface area contributed by atoms with Crippen molar-refractivity contribution < 1.29 is 23.4 Å². The Kier molecular flexibility index (Phi) is 3.67. The maximum atomic E-state index is 12.9. The molecule has 0 aliphatic rings. The predicted octanol–water partition coefficient (Wildman–Crippen LogP) is 2.07. The summed E-state index contributed by atoms with van der Waals surface area (Å²) in [7, 11) is -4.07. The van der Waals surface area contributed by atoms with Crippen LogP contribution in [-0.2, 0) is 16.6 Å². The molecule has 118 valence electrons. The minimum atomic E-state index is -4.07. The highest BCUT2D eigenvalue weighted by atomic mass is 32.2. The lowest BCUT2D eigenvalue weighted by atomic mass is 10.1. The number of nitrogens with zero attached hydrogens (tertiary/aromatic N) is 1. The van der Waals surface area contributed by atoms with Gasteiger partial charge in [0, 0.05) is 5.39 Å². The standard InChI is InChI=1S/C16H13NO5S/c18-10-11-5-4-8-14-13(11)9-15(16(19)20)17(14)23(21,22)12-6-2-1-3-7-12/h1-9,18H,10H2,(H,19,20). The van der Waals surface area contributed by atoms with Crippen LogP contribution in [0.15, 0.2) is 59.5 Å². The molecule has 3 rings (SSSR count). The number of carboxylic acids is 1. The number of carbonyl (C=O) groups is 1. The molecule has 0 saturated carbocycles. The summed E-state index contributed by atoms with van der Waals surface area (Å²) in [5.41, 5.74) is 0.314. The highest BCUT2D eigenvalue weighted by Gasteiger charge is 2.26.